The first-order chi connectivity index (χ1) is 9.00. The van der Waals surface area contributed by atoms with Gasteiger partial charge in [0.2, 0.25) is 0 Å². The summed E-state index contributed by atoms with van der Waals surface area (Å²) in [7, 11) is 1.62. The van der Waals surface area contributed by atoms with Crippen LogP contribution >= 0.6 is 0 Å². The zero-order chi connectivity index (χ0) is 14.3. The van der Waals surface area contributed by atoms with E-state index in [9.17, 15) is 0 Å². The highest BCUT2D eigenvalue weighted by Gasteiger charge is 2.18. The molecule has 1 aromatic heterocycles. The number of methoxy groups -OCH3 is 1. The second kappa shape index (κ2) is 7.25. The maximum Gasteiger partial charge on any atom is 0.158 e. The second-order valence-electron chi connectivity index (χ2n) is 5.00. The Balaban J connectivity index is 2.91. The number of hydrogen-bond donors (Lipinski definition) is 3. The maximum atomic E-state index is 9.05. The van der Waals surface area contributed by atoms with Crippen molar-refractivity contribution in [2.24, 2.45) is 0 Å². The van der Waals surface area contributed by atoms with E-state index in [1.165, 1.54) is 0 Å². The van der Waals surface area contributed by atoms with Crippen LogP contribution in [-0.2, 0) is 11.3 Å². The summed E-state index contributed by atoms with van der Waals surface area (Å²) in [4.78, 5) is 8.76. The molecule has 0 amide bonds. The van der Waals surface area contributed by atoms with Gasteiger partial charge in [-0.25, -0.2) is 9.97 Å². The third-order valence-electron chi connectivity index (χ3n) is 2.61. The molecule has 0 radical (unpaired) electrons. The van der Waals surface area contributed by atoms with Gasteiger partial charge in [-0.05, 0) is 27.2 Å². The number of ether oxygens (including phenoxy) is 1. The van der Waals surface area contributed by atoms with Crippen molar-refractivity contribution in [3.63, 3.8) is 0 Å². The van der Waals surface area contributed by atoms with E-state index in [1.54, 1.807) is 7.11 Å². The SMILES string of the molecule is CCNc1cc(NC(C)(C)CCO)nc(COC)n1. The van der Waals surface area contributed by atoms with Gasteiger partial charge in [-0.1, -0.05) is 0 Å². The van der Waals surface area contributed by atoms with Gasteiger partial charge in [0.15, 0.2) is 5.82 Å². The molecular formula is C13H24N4O2. The Kier molecular flexibility index (Phi) is 5.98. The molecule has 0 aliphatic carbocycles. The van der Waals surface area contributed by atoms with Gasteiger partial charge in [0, 0.05) is 31.9 Å². The molecule has 0 bridgehead atoms. The molecule has 0 fully saturated rings. The number of rotatable bonds is 8. The Morgan fingerprint density at radius 3 is 2.58 bits per heavy atom. The van der Waals surface area contributed by atoms with Gasteiger partial charge in [0.25, 0.3) is 0 Å². The summed E-state index contributed by atoms with van der Waals surface area (Å²) in [6.07, 6.45) is 0.646. The van der Waals surface area contributed by atoms with Gasteiger partial charge in [-0.3, -0.25) is 0 Å². The Morgan fingerprint density at radius 1 is 1.32 bits per heavy atom. The molecule has 1 aromatic rings. The summed E-state index contributed by atoms with van der Waals surface area (Å²) in [5.74, 6) is 2.13. The fourth-order valence-corrected chi connectivity index (χ4v) is 1.72. The first-order valence-electron chi connectivity index (χ1n) is 6.50. The van der Waals surface area contributed by atoms with E-state index in [0.717, 1.165) is 18.2 Å². The van der Waals surface area contributed by atoms with Gasteiger partial charge in [-0.2, -0.15) is 0 Å². The van der Waals surface area contributed by atoms with E-state index in [2.05, 4.69) is 20.6 Å². The summed E-state index contributed by atoms with van der Waals surface area (Å²) >= 11 is 0. The van der Waals surface area contributed by atoms with Crippen LogP contribution in [0.4, 0.5) is 11.6 Å². The number of aliphatic hydroxyl groups excluding tert-OH is 1. The van der Waals surface area contributed by atoms with Gasteiger partial charge < -0.3 is 20.5 Å². The van der Waals surface area contributed by atoms with Crippen molar-refractivity contribution < 1.29 is 9.84 Å². The van der Waals surface area contributed by atoms with Crippen LogP contribution in [0.3, 0.4) is 0 Å². The number of anilines is 2. The topological polar surface area (TPSA) is 79.3 Å². The van der Waals surface area contributed by atoms with Crippen LogP contribution < -0.4 is 10.6 Å². The molecule has 0 unspecified atom stereocenters. The second-order valence-corrected chi connectivity index (χ2v) is 5.00. The minimum Gasteiger partial charge on any atom is -0.396 e. The molecule has 108 valence electrons. The third-order valence-corrected chi connectivity index (χ3v) is 2.61. The lowest BCUT2D eigenvalue weighted by Gasteiger charge is -2.26. The Labute approximate surface area is 114 Å². The van der Waals surface area contributed by atoms with Crippen molar-refractivity contribution in [3.8, 4) is 0 Å². The Morgan fingerprint density at radius 2 is 2.00 bits per heavy atom. The van der Waals surface area contributed by atoms with Crippen LogP contribution in [-0.4, -0.2) is 40.9 Å². The summed E-state index contributed by atoms with van der Waals surface area (Å²) in [5.41, 5.74) is -0.225. The lowest BCUT2D eigenvalue weighted by Crippen LogP contribution is -2.32. The number of nitrogens with one attached hydrogen (secondary N) is 2. The van der Waals surface area contributed by atoms with Crippen molar-refractivity contribution in [1.29, 1.82) is 0 Å². The Hall–Kier alpha value is -1.40. The van der Waals surface area contributed by atoms with E-state index < -0.39 is 0 Å². The molecule has 0 aliphatic heterocycles. The molecule has 6 heteroatoms. The minimum atomic E-state index is -0.225. The first-order valence-corrected chi connectivity index (χ1v) is 6.50. The van der Waals surface area contributed by atoms with E-state index >= 15 is 0 Å². The molecule has 0 spiro atoms. The largest absolute Gasteiger partial charge is 0.396 e. The van der Waals surface area contributed by atoms with Crippen LogP contribution in [0.15, 0.2) is 6.07 Å². The number of hydrogen-bond acceptors (Lipinski definition) is 6. The van der Waals surface area contributed by atoms with Crippen LogP contribution in [0.5, 0.6) is 0 Å². The van der Waals surface area contributed by atoms with E-state index in [4.69, 9.17) is 9.84 Å². The zero-order valence-electron chi connectivity index (χ0n) is 12.2. The molecule has 6 nitrogen and oxygen atoms in total. The zero-order valence-corrected chi connectivity index (χ0v) is 12.2. The van der Waals surface area contributed by atoms with Crippen LogP contribution in [0.25, 0.3) is 0 Å². The quantitative estimate of drug-likeness (QED) is 0.665. The highest BCUT2D eigenvalue weighted by atomic mass is 16.5. The molecule has 3 N–H and O–H groups in total. The van der Waals surface area contributed by atoms with Crippen molar-refractivity contribution in [1.82, 2.24) is 9.97 Å². The molecule has 0 saturated carbocycles. The molecule has 0 saturated heterocycles. The van der Waals surface area contributed by atoms with E-state index in [-0.39, 0.29) is 12.1 Å². The van der Waals surface area contributed by atoms with E-state index in [1.807, 2.05) is 26.8 Å². The van der Waals surface area contributed by atoms with Crippen molar-refractivity contribution >= 4 is 11.6 Å². The predicted octanol–water partition coefficient (Wildman–Crippen LogP) is 1.63. The molecule has 0 aromatic carbocycles. The molecule has 1 rings (SSSR count). The predicted molar refractivity (Wildman–Crippen MR) is 76.3 cm³/mol. The highest BCUT2D eigenvalue weighted by molar-refractivity contribution is 5.48. The molecule has 0 aliphatic rings. The lowest BCUT2D eigenvalue weighted by molar-refractivity contribution is 0.178. The molecule has 1 heterocycles. The third kappa shape index (κ3) is 5.40. The first kappa shape index (κ1) is 15.7. The van der Waals surface area contributed by atoms with Gasteiger partial charge >= 0.3 is 0 Å². The number of aromatic nitrogens is 2. The van der Waals surface area contributed by atoms with Crippen LogP contribution in [0.2, 0.25) is 0 Å². The van der Waals surface area contributed by atoms with Crippen molar-refractivity contribution in [2.75, 3.05) is 30.9 Å². The fourth-order valence-electron chi connectivity index (χ4n) is 1.72. The van der Waals surface area contributed by atoms with Gasteiger partial charge in [0.1, 0.15) is 18.2 Å². The monoisotopic (exact) mass is 268 g/mol. The summed E-state index contributed by atoms with van der Waals surface area (Å²) in [6, 6.07) is 1.86. The van der Waals surface area contributed by atoms with Crippen molar-refractivity contribution in [3.05, 3.63) is 11.9 Å². The summed E-state index contributed by atoms with van der Waals surface area (Å²) in [5, 5.41) is 15.5. The average Bonchev–Trinajstić information content (AvgIpc) is 2.28. The van der Waals surface area contributed by atoms with Crippen LogP contribution in [0.1, 0.15) is 33.0 Å². The normalized spacial score (nSPS) is 11.4. The summed E-state index contributed by atoms with van der Waals surface area (Å²) < 4.78 is 5.07. The number of aliphatic hydroxyl groups is 1. The van der Waals surface area contributed by atoms with Crippen LogP contribution in [0, 0.1) is 0 Å². The number of nitrogens with zero attached hydrogens (tertiary/aromatic N) is 2. The fraction of sp³-hybridized carbons (Fsp3) is 0.692. The maximum absolute atomic E-state index is 9.05. The van der Waals surface area contributed by atoms with Gasteiger partial charge in [0.05, 0.1) is 0 Å². The molecular weight excluding hydrogens is 244 g/mol. The van der Waals surface area contributed by atoms with E-state index in [0.29, 0.717) is 18.9 Å². The summed E-state index contributed by atoms with van der Waals surface area (Å²) in [6.45, 7) is 7.36. The average molecular weight is 268 g/mol. The highest BCUT2D eigenvalue weighted by Crippen LogP contribution is 2.19. The van der Waals surface area contributed by atoms with Crippen molar-refractivity contribution in [2.45, 2.75) is 39.3 Å². The standard InChI is InChI=1S/C13H24N4O2/c1-5-14-10-8-11(16-12(15-10)9-19-4)17-13(2,3)6-7-18/h8,18H,5-7,9H2,1-4H3,(H2,14,15,16,17). The molecule has 19 heavy (non-hydrogen) atoms. The van der Waals surface area contributed by atoms with Gasteiger partial charge in [-0.15, -0.1) is 0 Å². The minimum absolute atomic E-state index is 0.135. The lowest BCUT2D eigenvalue weighted by atomic mass is 10.0. The Bertz CT molecular complexity index is 372. The smallest absolute Gasteiger partial charge is 0.158 e. The molecule has 0 atom stereocenters.